The zero-order chi connectivity index (χ0) is 52.3. The van der Waals surface area contributed by atoms with E-state index in [9.17, 15) is 63.3 Å². The molecular weight excluding hydrogens is 901 g/mol. The zero-order valence-electron chi connectivity index (χ0n) is 40.9. The third-order valence-electron chi connectivity index (χ3n) is 12.3. The lowest BCUT2D eigenvalue weighted by molar-refractivity contribution is -0.150. The number of benzene rings is 1. The molecular formula is C47H74N8O14. The first-order valence-electron chi connectivity index (χ1n) is 23.6. The Morgan fingerprint density at radius 2 is 1.10 bits per heavy atom. The standard InChI is InChI=1S/C47H74N8O14/c1-9-26(7)38(53-40(61)30(48)17-19-35(57)58)45(66)51-33(23-28-13-15-29(56)16-14-28)43(64)50-32(22-24(3)4)42(63)49-31(18-20-36(59)60)41(62)52-37(25(5)6)44(65)54-39(27(8)10-2)46(67)55-21-11-12-34(55)47(68)69/h13-16,24-27,30-34,37-39,56H,9-12,17-23,48H2,1-8H3,(H,49,63)(H,50,64)(H,51,66)(H,52,62)(H,53,61)(H,54,65)(H,57,58)(H,59,60)(H,68,69)/t26-,27-,30-,31-,32-,33-,34-,37-,38-,39-/m0/s1. The van der Waals surface area contributed by atoms with Crippen molar-refractivity contribution in [3.8, 4) is 5.75 Å². The average Bonchev–Trinajstić information content (AvgIpc) is 3.79. The van der Waals surface area contributed by atoms with Crippen LogP contribution in [0.15, 0.2) is 24.3 Å². The van der Waals surface area contributed by atoms with Gasteiger partial charge in [-0.05, 0) is 73.5 Å². The van der Waals surface area contributed by atoms with Crippen LogP contribution in [0.4, 0.5) is 0 Å². The van der Waals surface area contributed by atoms with Gasteiger partial charge in [0, 0.05) is 25.8 Å². The lowest BCUT2D eigenvalue weighted by Crippen LogP contribution is -2.61. The molecule has 386 valence electrons. The van der Waals surface area contributed by atoms with Gasteiger partial charge in [0.05, 0.1) is 6.04 Å². The van der Waals surface area contributed by atoms with Crippen molar-refractivity contribution in [2.75, 3.05) is 6.54 Å². The molecule has 1 aliphatic rings. The first kappa shape index (κ1) is 58.8. The molecule has 1 saturated heterocycles. The largest absolute Gasteiger partial charge is 0.508 e. The van der Waals surface area contributed by atoms with Crippen molar-refractivity contribution in [1.82, 2.24) is 36.8 Å². The number of nitrogens with zero attached hydrogens (tertiary/aromatic N) is 1. The second-order valence-corrected chi connectivity index (χ2v) is 18.7. The quantitative estimate of drug-likeness (QED) is 0.0528. The molecule has 0 spiro atoms. The Hall–Kier alpha value is -6.32. The number of hydrogen-bond acceptors (Lipinski definition) is 12. The number of aliphatic carboxylic acids is 3. The molecule has 2 rings (SSSR count). The number of carboxylic acids is 3. The number of nitrogens with two attached hydrogens (primary N) is 1. The van der Waals surface area contributed by atoms with Gasteiger partial charge in [-0.3, -0.25) is 43.2 Å². The molecule has 10 atom stereocenters. The monoisotopic (exact) mass is 975 g/mol. The Kier molecular flexibility index (Phi) is 24.1. The summed E-state index contributed by atoms with van der Waals surface area (Å²) in [7, 11) is 0. The second-order valence-electron chi connectivity index (χ2n) is 18.7. The third-order valence-corrected chi connectivity index (χ3v) is 12.3. The van der Waals surface area contributed by atoms with Crippen LogP contribution in [0.25, 0.3) is 0 Å². The van der Waals surface area contributed by atoms with E-state index in [-0.39, 0.29) is 43.9 Å². The topological polar surface area (TPSA) is 353 Å². The number of carboxylic acid groups (broad SMARTS) is 3. The Morgan fingerprint density at radius 3 is 1.64 bits per heavy atom. The SMILES string of the molecule is CC[C@H](C)[C@H](NC(=O)[C@@H](N)CCC(=O)O)C(=O)N[C@@H](Cc1ccc(O)cc1)C(=O)N[C@@H](CC(C)C)C(=O)N[C@@H](CCC(=O)O)C(=O)N[C@H](C(=O)N[C@H](C(=O)N1CCC[C@H]1C(=O)O)[C@@H](C)CC)C(C)C. The van der Waals surface area contributed by atoms with Crippen molar-refractivity contribution in [3.05, 3.63) is 29.8 Å². The van der Waals surface area contributed by atoms with E-state index in [0.29, 0.717) is 24.8 Å². The fraction of sp³-hybridized carbons (Fsp3) is 0.660. The van der Waals surface area contributed by atoms with Crippen LogP contribution < -0.4 is 37.6 Å². The van der Waals surface area contributed by atoms with E-state index in [1.54, 1.807) is 55.4 Å². The average molecular weight is 975 g/mol. The number of amides is 7. The van der Waals surface area contributed by atoms with Gasteiger partial charge in [-0.2, -0.15) is 0 Å². The van der Waals surface area contributed by atoms with Gasteiger partial charge >= 0.3 is 17.9 Å². The smallest absolute Gasteiger partial charge is 0.326 e. The predicted octanol–water partition coefficient (Wildman–Crippen LogP) is 0.770. The van der Waals surface area contributed by atoms with Crippen LogP contribution in [-0.4, -0.2) is 139 Å². The van der Waals surface area contributed by atoms with Gasteiger partial charge < -0.3 is 63.0 Å². The van der Waals surface area contributed by atoms with Gasteiger partial charge in [0.25, 0.3) is 0 Å². The minimum absolute atomic E-state index is 0.00763. The van der Waals surface area contributed by atoms with Crippen LogP contribution in [0.3, 0.4) is 0 Å². The number of carbonyl (C=O) groups excluding carboxylic acids is 7. The van der Waals surface area contributed by atoms with E-state index in [1.807, 2.05) is 0 Å². The van der Waals surface area contributed by atoms with Crippen LogP contribution in [0, 0.1) is 23.7 Å². The number of rotatable bonds is 29. The minimum Gasteiger partial charge on any atom is -0.508 e. The van der Waals surface area contributed by atoms with Crippen molar-refractivity contribution in [3.63, 3.8) is 0 Å². The summed E-state index contributed by atoms with van der Waals surface area (Å²) in [6.45, 7) is 13.9. The number of aromatic hydroxyl groups is 1. The molecule has 22 nitrogen and oxygen atoms in total. The molecule has 1 heterocycles. The van der Waals surface area contributed by atoms with Gasteiger partial charge in [0.1, 0.15) is 48.0 Å². The van der Waals surface area contributed by atoms with E-state index >= 15 is 0 Å². The van der Waals surface area contributed by atoms with Crippen molar-refractivity contribution in [2.45, 2.75) is 168 Å². The summed E-state index contributed by atoms with van der Waals surface area (Å²) in [5, 5.41) is 54.0. The molecule has 0 bridgehead atoms. The highest BCUT2D eigenvalue weighted by Crippen LogP contribution is 2.22. The van der Waals surface area contributed by atoms with Crippen LogP contribution >= 0.6 is 0 Å². The maximum absolute atomic E-state index is 14.3. The molecule has 7 amide bonds. The van der Waals surface area contributed by atoms with Crippen molar-refractivity contribution >= 4 is 59.3 Å². The normalized spacial score (nSPS) is 17.4. The van der Waals surface area contributed by atoms with Crippen LogP contribution in [0.2, 0.25) is 0 Å². The molecule has 0 unspecified atom stereocenters. The Morgan fingerprint density at radius 1 is 0.623 bits per heavy atom. The van der Waals surface area contributed by atoms with Gasteiger partial charge in [-0.25, -0.2) is 4.79 Å². The molecule has 22 heteroatoms. The highest BCUT2D eigenvalue weighted by Gasteiger charge is 2.41. The maximum Gasteiger partial charge on any atom is 0.326 e. The molecule has 12 N–H and O–H groups in total. The highest BCUT2D eigenvalue weighted by atomic mass is 16.4. The predicted molar refractivity (Wildman–Crippen MR) is 251 cm³/mol. The van der Waals surface area contributed by atoms with E-state index in [4.69, 9.17) is 10.8 Å². The highest BCUT2D eigenvalue weighted by molar-refractivity contribution is 5.98. The molecule has 0 radical (unpaired) electrons. The number of phenols is 1. The number of nitrogens with one attached hydrogen (secondary N) is 6. The van der Waals surface area contributed by atoms with Crippen molar-refractivity contribution < 1.29 is 68.4 Å². The number of phenolic OH excluding ortho intramolecular Hbond substituents is 1. The Labute approximate surface area is 403 Å². The fourth-order valence-corrected chi connectivity index (χ4v) is 7.68. The molecule has 1 fully saturated rings. The van der Waals surface area contributed by atoms with Crippen molar-refractivity contribution in [1.29, 1.82) is 0 Å². The molecule has 1 aromatic carbocycles. The molecule has 69 heavy (non-hydrogen) atoms. The van der Waals surface area contributed by atoms with Gasteiger partial charge in [0.2, 0.25) is 41.4 Å². The molecule has 0 aromatic heterocycles. The van der Waals surface area contributed by atoms with Crippen LogP contribution in [-0.2, 0) is 54.4 Å². The Bertz CT molecular complexity index is 1960. The van der Waals surface area contributed by atoms with E-state index < -0.39 is 145 Å². The second kappa shape index (κ2) is 28.2. The summed E-state index contributed by atoms with van der Waals surface area (Å²) in [5.74, 6) is -11.1. The Balaban J connectivity index is 2.45. The number of carbonyl (C=O) groups is 10. The van der Waals surface area contributed by atoms with Crippen LogP contribution in [0.5, 0.6) is 5.75 Å². The lowest BCUT2D eigenvalue weighted by atomic mass is 9.95. The summed E-state index contributed by atoms with van der Waals surface area (Å²) >= 11 is 0. The van der Waals surface area contributed by atoms with E-state index in [2.05, 4.69) is 31.9 Å². The number of likely N-dealkylation sites (tertiary alicyclic amines) is 1. The first-order chi connectivity index (χ1) is 32.3. The summed E-state index contributed by atoms with van der Waals surface area (Å²) in [5.41, 5.74) is 6.40. The van der Waals surface area contributed by atoms with Gasteiger partial charge in [-0.1, -0.05) is 80.4 Å². The molecule has 0 aliphatic carbocycles. The van der Waals surface area contributed by atoms with Crippen molar-refractivity contribution in [2.24, 2.45) is 29.4 Å². The summed E-state index contributed by atoms with van der Waals surface area (Å²) < 4.78 is 0. The third kappa shape index (κ3) is 18.9. The van der Waals surface area contributed by atoms with Crippen LogP contribution in [0.1, 0.15) is 119 Å². The molecule has 1 aliphatic heterocycles. The fourth-order valence-electron chi connectivity index (χ4n) is 7.68. The summed E-state index contributed by atoms with van der Waals surface area (Å²) in [6.07, 6.45) is -0.266. The lowest BCUT2D eigenvalue weighted by Gasteiger charge is -2.32. The van der Waals surface area contributed by atoms with Gasteiger partial charge in [-0.15, -0.1) is 0 Å². The van der Waals surface area contributed by atoms with Gasteiger partial charge in [0.15, 0.2) is 0 Å². The van der Waals surface area contributed by atoms with E-state index in [0.717, 1.165) is 0 Å². The first-order valence-corrected chi connectivity index (χ1v) is 23.6. The molecule has 1 aromatic rings. The summed E-state index contributed by atoms with van der Waals surface area (Å²) in [4.78, 5) is 133. The minimum atomic E-state index is -1.56. The zero-order valence-corrected chi connectivity index (χ0v) is 40.9. The molecule has 0 saturated carbocycles. The number of hydrogen-bond donors (Lipinski definition) is 11. The maximum atomic E-state index is 14.3. The summed E-state index contributed by atoms with van der Waals surface area (Å²) in [6, 6.07) is -4.58. The van der Waals surface area contributed by atoms with E-state index in [1.165, 1.54) is 29.2 Å².